The van der Waals surface area contributed by atoms with Gasteiger partial charge in [-0.05, 0) is 20.8 Å². The summed E-state index contributed by atoms with van der Waals surface area (Å²) in [5, 5.41) is 3.42. The molecule has 0 atom stereocenters. The Kier molecular flexibility index (Phi) is 3.32. The molecule has 0 saturated carbocycles. The van der Waals surface area contributed by atoms with Crippen LogP contribution in [0, 0.1) is 0 Å². The fourth-order valence-electron chi connectivity index (χ4n) is 1.12. The molecule has 0 aliphatic rings. The monoisotopic (exact) mass is 195 g/mol. The fraction of sp³-hybridized carbons (Fsp3) is 0.727. The minimum absolute atomic E-state index is 0.156. The smallest absolute Gasteiger partial charge is 0.108 e. The van der Waals surface area contributed by atoms with Crippen molar-refractivity contribution < 1.29 is 0 Å². The Morgan fingerprint density at radius 1 is 1.43 bits per heavy atom. The Hall–Kier alpha value is -0.830. The Balaban J connectivity index is 2.52. The van der Waals surface area contributed by atoms with Gasteiger partial charge in [0.05, 0.1) is 0 Å². The molecule has 0 fully saturated rings. The topological polar surface area (TPSA) is 40.7 Å². The molecule has 0 unspecified atom stereocenters. The van der Waals surface area contributed by atoms with E-state index < -0.39 is 0 Å². The van der Waals surface area contributed by atoms with Crippen molar-refractivity contribution in [3.05, 3.63) is 17.7 Å². The quantitative estimate of drug-likeness (QED) is 0.777. The molecular weight excluding hydrogens is 174 g/mol. The minimum atomic E-state index is 0.156. The number of H-pyrrole nitrogens is 1. The van der Waals surface area contributed by atoms with Crippen LogP contribution in [0.15, 0.2) is 6.20 Å². The van der Waals surface area contributed by atoms with Crippen molar-refractivity contribution in [3.63, 3.8) is 0 Å². The summed E-state index contributed by atoms with van der Waals surface area (Å²) in [6.45, 7) is 11.6. The van der Waals surface area contributed by atoms with Gasteiger partial charge >= 0.3 is 0 Å². The molecule has 0 amide bonds. The molecule has 14 heavy (non-hydrogen) atoms. The molecular formula is C11H21N3. The summed E-state index contributed by atoms with van der Waals surface area (Å²) in [5.74, 6) is 1.54. The summed E-state index contributed by atoms with van der Waals surface area (Å²) in [5.41, 5.74) is 1.31. The SMILES string of the molecule is CC(C)c1ncc(CNC(C)(C)C)[nH]1. The summed E-state index contributed by atoms with van der Waals surface area (Å²) >= 11 is 0. The van der Waals surface area contributed by atoms with Crippen LogP contribution in [0.5, 0.6) is 0 Å². The lowest BCUT2D eigenvalue weighted by atomic mass is 10.1. The summed E-state index contributed by atoms with van der Waals surface area (Å²) in [7, 11) is 0. The highest BCUT2D eigenvalue weighted by atomic mass is 15.0. The third kappa shape index (κ3) is 3.50. The van der Waals surface area contributed by atoms with Gasteiger partial charge in [-0.3, -0.25) is 0 Å². The second-order valence-corrected chi connectivity index (χ2v) is 5.05. The van der Waals surface area contributed by atoms with Crippen LogP contribution in [0.1, 0.15) is 52.1 Å². The third-order valence-corrected chi connectivity index (χ3v) is 2.00. The molecule has 1 rings (SSSR count). The van der Waals surface area contributed by atoms with E-state index in [2.05, 4.69) is 49.9 Å². The summed E-state index contributed by atoms with van der Waals surface area (Å²) in [6, 6.07) is 0. The molecule has 0 aromatic carbocycles. The highest BCUT2D eigenvalue weighted by molar-refractivity contribution is 5.04. The first-order chi connectivity index (χ1) is 6.38. The van der Waals surface area contributed by atoms with E-state index in [-0.39, 0.29) is 5.54 Å². The number of imidazole rings is 1. The van der Waals surface area contributed by atoms with Crippen molar-refractivity contribution in [2.75, 3.05) is 0 Å². The molecule has 0 aliphatic heterocycles. The van der Waals surface area contributed by atoms with Crippen molar-refractivity contribution in [1.82, 2.24) is 15.3 Å². The molecule has 0 spiro atoms. The van der Waals surface area contributed by atoms with Crippen LogP contribution < -0.4 is 5.32 Å². The predicted molar refractivity (Wildman–Crippen MR) is 59.3 cm³/mol. The zero-order chi connectivity index (χ0) is 10.8. The first-order valence-corrected chi connectivity index (χ1v) is 5.17. The van der Waals surface area contributed by atoms with Crippen molar-refractivity contribution in [1.29, 1.82) is 0 Å². The molecule has 0 radical (unpaired) electrons. The van der Waals surface area contributed by atoms with Gasteiger partial charge < -0.3 is 10.3 Å². The number of nitrogens with one attached hydrogen (secondary N) is 2. The molecule has 1 heterocycles. The first kappa shape index (κ1) is 11.2. The Morgan fingerprint density at radius 2 is 2.07 bits per heavy atom. The van der Waals surface area contributed by atoms with Crippen LogP contribution in [0.2, 0.25) is 0 Å². The van der Waals surface area contributed by atoms with Crippen molar-refractivity contribution in [3.8, 4) is 0 Å². The van der Waals surface area contributed by atoms with Gasteiger partial charge in [0.1, 0.15) is 5.82 Å². The number of rotatable bonds is 3. The number of aromatic nitrogens is 2. The minimum Gasteiger partial charge on any atom is -0.345 e. The summed E-state index contributed by atoms with van der Waals surface area (Å²) < 4.78 is 0. The van der Waals surface area contributed by atoms with Crippen LogP contribution >= 0.6 is 0 Å². The highest BCUT2D eigenvalue weighted by Gasteiger charge is 2.10. The van der Waals surface area contributed by atoms with Crippen molar-refractivity contribution in [2.24, 2.45) is 0 Å². The van der Waals surface area contributed by atoms with E-state index in [0.29, 0.717) is 5.92 Å². The van der Waals surface area contributed by atoms with E-state index in [9.17, 15) is 0 Å². The average molecular weight is 195 g/mol. The van der Waals surface area contributed by atoms with Crippen LogP contribution in [0.3, 0.4) is 0 Å². The van der Waals surface area contributed by atoms with E-state index in [4.69, 9.17) is 0 Å². The summed E-state index contributed by atoms with van der Waals surface area (Å²) in [4.78, 5) is 7.63. The molecule has 0 saturated heterocycles. The molecule has 0 bridgehead atoms. The van der Waals surface area contributed by atoms with E-state index in [1.54, 1.807) is 0 Å². The first-order valence-electron chi connectivity index (χ1n) is 5.17. The van der Waals surface area contributed by atoms with Gasteiger partial charge in [0, 0.05) is 29.9 Å². The number of hydrogen-bond donors (Lipinski definition) is 2. The zero-order valence-corrected chi connectivity index (χ0v) is 9.81. The van der Waals surface area contributed by atoms with Crippen LogP contribution in [-0.4, -0.2) is 15.5 Å². The third-order valence-electron chi connectivity index (χ3n) is 2.00. The van der Waals surface area contributed by atoms with E-state index in [1.807, 2.05) is 6.20 Å². The van der Waals surface area contributed by atoms with Gasteiger partial charge in [-0.15, -0.1) is 0 Å². The van der Waals surface area contributed by atoms with E-state index in [0.717, 1.165) is 18.1 Å². The number of nitrogens with zero attached hydrogens (tertiary/aromatic N) is 1. The molecule has 0 aliphatic carbocycles. The van der Waals surface area contributed by atoms with Crippen LogP contribution in [-0.2, 0) is 6.54 Å². The Bertz CT molecular complexity index is 281. The van der Waals surface area contributed by atoms with Gasteiger partial charge in [0.15, 0.2) is 0 Å². The Morgan fingerprint density at radius 3 is 2.50 bits per heavy atom. The fourth-order valence-corrected chi connectivity index (χ4v) is 1.12. The average Bonchev–Trinajstić information content (AvgIpc) is 2.47. The number of aromatic amines is 1. The lowest BCUT2D eigenvalue weighted by Gasteiger charge is -2.19. The van der Waals surface area contributed by atoms with Crippen LogP contribution in [0.4, 0.5) is 0 Å². The molecule has 2 N–H and O–H groups in total. The van der Waals surface area contributed by atoms with Gasteiger partial charge in [0.25, 0.3) is 0 Å². The predicted octanol–water partition coefficient (Wildman–Crippen LogP) is 2.42. The largest absolute Gasteiger partial charge is 0.345 e. The molecule has 1 aromatic rings. The second kappa shape index (κ2) is 4.13. The molecule has 3 heteroatoms. The van der Waals surface area contributed by atoms with Crippen molar-refractivity contribution >= 4 is 0 Å². The van der Waals surface area contributed by atoms with Crippen LogP contribution in [0.25, 0.3) is 0 Å². The standard InChI is InChI=1S/C11H21N3/c1-8(2)10-12-6-9(14-10)7-13-11(3,4)5/h6,8,13H,7H2,1-5H3,(H,12,14). The normalized spacial score (nSPS) is 12.4. The van der Waals surface area contributed by atoms with E-state index >= 15 is 0 Å². The lowest BCUT2D eigenvalue weighted by Crippen LogP contribution is -2.35. The molecule has 80 valence electrons. The van der Waals surface area contributed by atoms with Gasteiger partial charge in [0.2, 0.25) is 0 Å². The number of hydrogen-bond acceptors (Lipinski definition) is 2. The van der Waals surface area contributed by atoms with Gasteiger partial charge in [-0.25, -0.2) is 4.98 Å². The maximum absolute atomic E-state index is 4.32. The molecule has 3 nitrogen and oxygen atoms in total. The van der Waals surface area contributed by atoms with Crippen molar-refractivity contribution in [2.45, 2.75) is 52.6 Å². The van der Waals surface area contributed by atoms with Gasteiger partial charge in [-0.1, -0.05) is 13.8 Å². The summed E-state index contributed by atoms with van der Waals surface area (Å²) in [6.07, 6.45) is 1.91. The second-order valence-electron chi connectivity index (χ2n) is 5.05. The highest BCUT2D eigenvalue weighted by Crippen LogP contribution is 2.10. The zero-order valence-electron chi connectivity index (χ0n) is 9.81. The maximum atomic E-state index is 4.32. The Labute approximate surface area is 86.3 Å². The maximum Gasteiger partial charge on any atom is 0.108 e. The lowest BCUT2D eigenvalue weighted by molar-refractivity contribution is 0.421. The van der Waals surface area contributed by atoms with E-state index in [1.165, 1.54) is 0 Å². The van der Waals surface area contributed by atoms with Gasteiger partial charge in [-0.2, -0.15) is 0 Å². The molecule has 1 aromatic heterocycles.